The Morgan fingerprint density at radius 1 is 1.35 bits per heavy atom. The van der Waals surface area contributed by atoms with Crippen LogP contribution >= 0.6 is 12.4 Å². The van der Waals surface area contributed by atoms with Gasteiger partial charge < -0.3 is 15.4 Å². The van der Waals surface area contributed by atoms with Gasteiger partial charge >= 0.3 is 0 Å². The van der Waals surface area contributed by atoms with Crippen molar-refractivity contribution in [2.24, 2.45) is 0 Å². The lowest BCUT2D eigenvalue weighted by molar-refractivity contribution is 0.0730. The fourth-order valence-corrected chi connectivity index (χ4v) is 4.85. The highest BCUT2D eigenvalue weighted by molar-refractivity contribution is 7.89. The number of hydrogen-bond acceptors (Lipinski definition) is 5. The van der Waals surface area contributed by atoms with Crippen LogP contribution < -0.4 is 10.6 Å². The summed E-state index contributed by atoms with van der Waals surface area (Å²) in [6, 6.07) is 5.14. The van der Waals surface area contributed by atoms with Gasteiger partial charge in [-0.05, 0) is 44.0 Å². The molecular formula is C17H26ClN3O4S. The number of sulfonamides is 1. The van der Waals surface area contributed by atoms with Gasteiger partial charge in [0.1, 0.15) is 0 Å². The molecule has 1 aromatic rings. The van der Waals surface area contributed by atoms with Gasteiger partial charge in [-0.3, -0.25) is 4.79 Å². The van der Waals surface area contributed by atoms with Gasteiger partial charge in [0.25, 0.3) is 5.91 Å². The zero-order valence-corrected chi connectivity index (χ0v) is 16.5. The molecule has 3 rings (SSSR count). The first-order chi connectivity index (χ1) is 12.0. The molecule has 0 radical (unpaired) electrons. The number of benzene rings is 1. The number of aryl methyl sites for hydroxylation is 1. The van der Waals surface area contributed by atoms with Gasteiger partial charge in [0, 0.05) is 31.2 Å². The SMILES string of the molecule is Cc1ccc(C(=O)NCC2CCCN2)cc1S(=O)(=O)N1CCOCC1.Cl. The van der Waals surface area contributed by atoms with E-state index in [-0.39, 0.29) is 23.2 Å². The highest BCUT2D eigenvalue weighted by atomic mass is 35.5. The van der Waals surface area contributed by atoms with Gasteiger partial charge in [-0.25, -0.2) is 8.42 Å². The maximum Gasteiger partial charge on any atom is 0.251 e. The lowest BCUT2D eigenvalue weighted by Gasteiger charge is -2.26. The number of carbonyl (C=O) groups excluding carboxylic acids is 1. The molecule has 0 aromatic heterocycles. The standard InChI is InChI=1S/C17H25N3O4S.ClH/c1-13-4-5-14(17(21)19-12-15-3-2-6-18-15)11-16(13)25(22,23)20-7-9-24-10-8-20;/h4-5,11,15,18H,2-3,6-10,12H2,1H3,(H,19,21);1H. The number of halogens is 1. The van der Waals surface area contributed by atoms with Crippen molar-refractivity contribution >= 4 is 28.3 Å². The van der Waals surface area contributed by atoms with Gasteiger partial charge in [-0.1, -0.05) is 6.07 Å². The predicted octanol–water partition coefficient (Wildman–Crippen LogP) is 0.920. The van der Waals surface area contributed by atoms with E-state index in [2.05, 4.69) is 10.6 Å². The summed E-state index contributed by atoms with van der Waals surface area (Å²) in [6.45, 7) is 4.75. The number of carbonyl (C=O) groups is 1. The minimum Gasteiger partial charge on any atom is -0.379 e. The van der Waals surface area contributed by atoms with Crippen LogP contribution in [-0.4, -0.2) is 64.1 Å². The van der Waals surface area contributed by atoms with Crippen LogP contribution in [0.25, 0.3) is 0 Å². The van der Waals surface area contributed by atoms with E-state index >= 15 is 0 Å². The van der Waals surface area contributed by atoms with Crippen molar-refractivity contribution in [3.8, 4) is 0 Å². The Labute approximate surface area is 160 Å². The molecule has 7 nitrogen and oxygen atoms in total. The predicted molar refractivity (Wildman–Crippen MR) is 101 cm³/mol. The largest absolute Gasteiger partial charge is 0.379 e. The molecule has 9 heteroatoms. The summed E-state index contributed by atoms with van der Waals surface area (Å²) in [4.78, 5) is 12.6. The Balaban J connectivity index is 0.00000243. The van der Waals surface area contributed by atoms with Gasteiger partial charge in [-0.15, -0.1) is 12.4 Å². The number of amides is 1. The van der Waals surface area contributed by atoms with Crippen LogP contribution in [0.1, 0.15) is 28.8 Å². The number of rotatable bonds is 5. The van der Waals surface area contributed by atoms with E-state index in [4.69, 9.17) is 4.74 Å². The van der Waals surface area contributed by atoms with E-state index in [0.717, 1.165) is 19.4 Å². The molecule has 2 aliphatic heterocycles. The molecule has 0 bridgehead atoms. The van der Waals surface area contributed by atoms with Crippen LogP contribution in [0.3, 0.4) is 0 Å². The summed E-state index contributed by atoms with van der Waals surface area (Å²) in [5.41, 5.74) is 1.01. The summed E-state index contributed by atoms with van der Waals surface area (Å²) >= 11 is 0. The molecule has 0 saturated carbocycles. The zero-order valence-electron chi connectivity index (χ0n) is 14.9. The third kappa shape index (κ3) is 4.75. The Morgan fingerprint density at radius 2 is 2.08 bits per heavy atom. The monoisotopic (exact) mass is 403 g/mol. The van der Waals surface area contributed by atoms with E-state index < -0.39 is 10.0 Å². The smallest absolute Gasteiger partial charge is 0.251 e. The second-order valence-electron chi connectivity index (χ2n) is 6.50. The van der Waals surface area contributed by atoms with Crippen LogP contribution in [0.4, 0.5) is 0 Å². The molecule has 1 unspecified atom stereocenters. The van der Waals surface area contributed by atoms with Gasteiger partial charge in [0.05, 0.1) is 18.1 Å². The number of morpholine rings is 1. The van der Waals surface area contributed by atoms with Crippen molar-refractivity contribution < 1.29 is 17.9 Å². The van der Waals surface area contributed by atoms with Crippen LogP contribution in [-0.2, 0) is 14.8 Å². The van der Waals surface area contributed by atoms with Gasteiger partial charge in [0.15, 0.2) is 0 Å². The number of ether oxygens (including phenoxy) is 1. The van der Waals surface area contributed by atoms with Crippen LogP contribution in [0, 0.1) is 6.92 Å². The third-order valence-corrected chi connectivity index (χ3v) is 6.75. The molecule has 2 aliphatic rings. The van der Waals surface area contributed by atoms with Crippen molar-refractivity contribution in [3.63, 3.8) is 0 Å². The normalized spacial score (nSPS) is 21.2. The van der Waals surface area contributed by atoms with Crippen molar-refractivity contribution in [1.82, 2.24) is 14.9 Å². The van der Waals surface area contributed by atoms with E-state index in [0.29, 0.717) is 50.0 Å². The first-order valence-electron chi connectivity index (χ1n) is 8.68. The van der Waals surface area contributed by atoms with Crippen molar-refractivity contribution in [3.05, 3.63) is 29.3 Å². The summed E-state index contributed by atoms with van der Waals surface area (Å²) in [6.07, 6.45) is 2.16. The molecule has 0 aliphatic carbocycles. The van der Waals surface area contributed by atoms with Crippen LogP contribution in [0.5, 0.6) is 0 Å². The molecule has 1 aromatic carbocycles. The number of hydrogen-bond donors (Lipinski definition) is 2. The molecule has 1 atom stereocenters. The Morgan fingerprint density at radius 3 is 2.73 bits per heavy atom. The molecule has 2 N–H and O–H groups in total. The molecule has 2 saturated heterocycles. The quantitative estimate of drug-likeness (QED) is 0.763. The topological polar surface area (TPSA) is 87.7 Å². The molecule has 2 heterocycles. The highest BCUT2D eigenvalue weighted by Gasteiger charge is 2.28. The molecular weight excluding hydrogens is 378 g/mol. The van der Waals surface area contributed by atoms with Crippen molar-refractivity contribution in [2.45, 2.75) is 30.7 Å². The van der Waals surface area contributed by atoms with E-state index in [1.807, 2.05) is 0 Å². The summed E-state index contributed by atoms with van der Waals surface area (Å²) < 4.78 is 32.4. The molecule has 26 heavy (non-hydrogen) atoms. The number of nitrogens with zero attached hydrogens (tertiary/aromatic N) is 1. The van der Waals surface area contributed by atoms with Crippen LogP contribution in [0.2, 0.25) is 0 Å². The van der Waals surface area contributed by atoms with Crippen molar-refractivity contribution in [2.75, 3.05) is 39.4 Å². The Bertz CT molecular complexity index is 730. The van der Waals surface area contributed by atoms with E-state index in [1.54, 1.807) is 19.1 Å². The average Bonchev–Trinajstić information content (AvgIpc) is 3.14. The fourth-order valence-electron chi connectivity index (χ4n) is 3.19. The third-order valence-electron chi connectivity index (χ3n) is 4.71. The Hall–Kier alpha value is -1.19. The van der Waals surface area contributed by atoms with E-state index in [9.17, 15) is 13.2 Å². The minimum atomic E-state index is -3.62. The lowest BCUT2D eigenvalue weighted by atomic mass is 10.1. The molecule has 2 fully saturated rings. The van der Waals surface area contributed by atoms with E-state index in [1.165, 1.54) is 10.4 Å². The van der Waals surface area contributed by atoms with Crippen LogP contribution in [0.15, 0.2) is 23.1 Å². The fraction of sp³-hybridized carbons (Fsp3) is 0.588. The maximum absolute atomic E-state index is 12.9. The molecule has 146 valence electrons. The lowest BCUT2D eigenvalue weighted by Crippen LogP contribution is -2.41. The summed E-state index contributed by atoms with van der Waals surface area (Å²) in [7, 11) is -3.62. The van der Waals surface area contributed by atoms with Gasteiger partial charge in [0.2, 0.25) is 10.0 Å². The average molecular weight is 404 g/mol. The zero-order chi connectivity index (χ0) is 17.9. The second-order valence-corrected chi connectivity index (χ2v) is 8.41. The molecule has 1 amide bonds. The van der Waals surface area contributed by atoms with Crippen molar-refractivity contribution in [1.29, 1.82) is 0 Å². The summed E-state index contributed by atoms with van der Waals surface area (Å²) in [5, 5.41) is 6.21. The first kappa shape index (κ1) is 21.1. The summed E-state index contributed by atoms with van der Waals surface area (Å²) in [5.74, 6) is -0.243. The maximum atomic E-state index is 12.9. The Kier molecular flexibility index (Phi) is 7.42. The minimum absolute atomic E-state index is 0. The number of nitrogens with one attached hydrogen (secondary N) is 2. The molecule has 0 spiro atoms. The second kappa shape index (κ2) is 9.14. The highest BCUT2D eigenvalue weighted by Crippen LogP contribution is 2.22. The first-order valence-corrected chi connectivity index (χ1v) is 10.1. The van der Waals surface area contributed by atoms with Gasteiger partial charge in [-0.2, -0.15) is 4.31 Å².